The van der Waals surface area contributed by atoms with E-state index < -0.39 is 0 Å². The van der Waals surface area contributed by atoms with Crippen molar-refractivity contribution < 1.29 is 4.74 Å². The molecular weight excluding hydrogens is 114 g/mol. The van der Waals surface area contributed by atoms with E-state index >= 15 is 0 Å². The molecule has 0 aliphatic rings. The lowest BCUT2D eigenvalue weighted by Gasteiger charge is -2.17. The zero-order valence-electron chi connectivity index (χ0n) is 6.61. The molecule has 0 atom stereocenters. The highest BCUT2D eigenvalue weighted by atomic mass is 16.5. The fourth-order valence-corrected chi connectivity index (χ4v) is 0.672. The van der Waals surface area contributed by atoms with Gasteiger partial charge in [0, 0.05) is 19.3 Å². The lowest BCUT2D eigenvalue weighted by Crippen LogP contribution is -2.31. The summed E-state index contributed by atoms with van der Waals surface area (Å²) < 4.78 is 4.88. The van der Waals surface area contributed by atoms with E-state index in [1.165, 1.54) is 0 Å². The molecule has 0 saturated carbocycles. The van der Waals surface area contributed by atoms with Crippen LogP contribution in [0.15, 0.2) is 0 Å². The second-order valence-electron chi connectivity index (χ2n) is 3.08. The molecule has 0 rings (SSSR count). The predicted molar refractivity (Wildman–Crippen MR) is 39.4 cm³/mol. The molecule has 0 fully saturated rings. The molecule has 0 amide bonds. The van der Waals surface area contributed by atoms with E-state index in [1.807, 2.05) is 13.8 Å². The Labute approximate surface area is 57.4 Å². The van der Waals surface area contributed by atoms with Crippen molar-refractivity contribution in [2.24, 2.45) is 5.73 Å². The van der Waals surface area contributed by atoms with Crippen LogP contribution in [0.5, 0.6) is 0 Å². The fraction of sp³-hybridized carbons (Fsp3) is 1.00. The van der Waals surface area contributed by atoms with Gasteiger partial charge in [0.2, 0.25) is 0 Å². The van der Waals surface area contributed by atoms with Crippen LogP contribution in [0.2, 0.25) is 0 Å². The molecule has 0 aromatic heterocycles. The van der Waals surface area contributed by atoms with Crippen LogP contribution in [-0.4, -0.2) is 19.3 Å². The largest absolute Gasteiger partial charge is 0.385 e. The number of rotatable bonds is 4. The van der Waals surface area contributed by atoms with Crippen LogP contribution in [0, 0.1) is 0 Å². The van der Waals surface area contributed by atoms with Gasteiger partial charge < -0.3 is 10.5 Å². The first-order valence-electron chi connectivity index (χ1n) is 3.34. The smallest absolute Gasteiger partial charge is 0.0462 e. The minimum atomic E-state index is -0.0292. The van der Waals surface area contributed by atoms with E-state index in [-0.39, 0.29) is 5.54 Å². The first-order chi connectivity index (χ1) is 4.06. The molecular formula is C7H17NO. The van der Waals surface area contributed by atoms with Crippen molar-refractivity contribution in [3.63, 3.8) is 0 Å². The monoisotopic (exact) mass is 131 g/mol. The number of hydrogen-bond acceptors (Lipinski definition) is 2. The Kier molecular flexibility index (Phi) is 3.82. The van der Waals surface area contributed by atoms with Gasteiger partial charge in [0.15, 0.2) is 0 Å². The van der Waals surface area contributed by atoms with Gasteiger partial charge in [-0.15, -0.1) is 0 Å². The SMILES string of the molecule is COCCCC(C)(C)N. The molecule has 56 valence electrons. The second kappa shape index (κ2) is 3.85. The third-order valence-corrected chi connectivity index (χ3v) is 1.17. The lowest BCUT2D eigenvalue weighted by atomic mass is 10.0. The van der Waals surface area contributed by atoms with Crippen molar-refractivity contribution in [2.45, 2.75) is 32.2 Å². The molecule has 0 heterocycles. The van der Waals surface area contributed by atoms with Crippen molar-refractivity contribution in [1.82, 2.24) is 0 Å². The van der Waals surface area contributed by atoms with E-state index in [4.69, 9.17) is 10.5 Å². The van der Waals surface area contributed by atoms with Crippen molar-refractivity contribution in [1.29, 1.82) is 0 Å². The number of nitrogens with two attached hydrogens (primary N) is 1. The van der Waals surface area contributed by atoms with Crippen LogP contribution in [0.3, 0.4) is 0 Å². The van der Waals surface area contributed by atoms with Gasteiger partial charge in [0.1, 0.15) is 0 Å². The number of methoxy groups -OCH3 is 1. The normalized spacial score (nSPS) is 12.0. The lowest BCUT2D eigenvalue weighted by molar-refractivity contribution is 0.186. The highest BCUT2D eigenvalue weighted by molar-refractivity contribution is 4.70. The number of hydrogen-bond donors (Lipinski definition) is 1. The Morgan fingerprint density at radius 2 is 2.00 bits per heavy atom. The average molecular weight is 131 g/mol. The minimum absolute atomic E-state index is 0.0292. The third-order valence-electron chi connectivity index (χ3n) is 1.17. The van der Waals surface area contributed by atoms with Crippen molar-refractivity contribution in [3.05, 3.63) is 0 Å². The number of ether oxygens (including phenoxy) is 1. The van der Waals surface area contributed by atoms with Crippen molar-refractivity contribution in [3.8, 4) is 0 Å². The van der Waals surface area contributed by atoms with Crippen LogP contribution >= 0.6 is 0 Å². The van der Waals surface area contributed by atoms with Crippen LogP contribution in [0.1, 0.15) is 26.7 Å². The Morgan fingerprint density at radius 1 is 1.44 bits per heavy atom. The fourth-order valence-electron chi connectivity index (χ4n) is 0.672. The highest BCUT2D eigenvalue weighted by Crippen LogP contribution is 2.05. The van der Waals surface area contributed by atoms with Crippen molar-refractivity contribution in [2.75, 3.05) is 13.7 Å². The summed E-state index contributed by atoms with van der Waals surface area (Å²) in [5, 5.41) is 0. The molecule has 0 aromatic rings. The Balaban J connectivity index is 3.07. The standard InChI is InChI=1S/C7H17NO/c1-7(2,8)5-4-6-9-3/h4-6,8H2,1-3H3. The van der Waals surface area contributed by atoms with Crippen LogP contribution in [0.4, 0.5) is 0 Å². The molecule has 0 spiro atoms. The van der Waals surface area contributed by atoms with Gasteiger partial charge in [-0.25, -0.2) is 0 Å². The van der Waals surface area contributed by atoms with Gasteiger partial charge in [-0.3, -0.25) is 0 Å². The van der Waals surface area contributed by atoms with Crippen LogP contribution in [-0.2, 0) is 4.74 Å². The molecule has 0 radical (unpaired) electrons. The molecule has 0 aliphatic heterocycles. The summed E-state index contributed by atoms with van der Waals surface area (Å²) >= 11 is 0. The summed E-state index contributed by atoms with van der Waals surface area (Å²) in [6, 6.07) is 0. The van der Waals surface area contributed by atoms with Gasteiger partial charge in [-0.05, 0) is 26.7 Å². The second-order valence-corrected chi connectivity index (χ2v) is 3.08. The zero-order valence-corrected chi connectivity index (χ0v) is 6.61. The topological polar surface area (TPSA) is 35.2 Å². The Bertz CT molecular complexity index is 65.8. The summed E-state index contributed by atoms with van der Waals surface area (Å²) in [4.78, 5) is 0. The maximum absolute atomic E-state index is 5.72. The highest BCUT2D eigenvalue weighted by Gasteiger charge is 2.08. The first kappa shape index (κ1) is 8.92. The summed E-state index contributed by atoms with van der Waals surface area (Å²) in [7, 11) is 1.71. The minimum Gasteiger partial charge on any atom is -0.385 e. The third kappa shape index (κ3) is 7.92. The van der Waals surface area contributed by atoms with Gasteiger partial charge in [-0.1, -0.05) is 0 Å². The van der Waals surface area contributed by atoms with Crippen LogP contribution in [0.25, 0.3) is 0 Å². The van der Waals surface area contributed by atoms with E-state index in [9.17, 15) is 0 Å². The summed E-state index contributed by atoms with van der Waals surface area (Å²) in [5.41, 5.74) is 5.69. The van der Waals surface area contributed by atoms with E-state index in [0.717, 1.165) is 19.4 Å². The molecule has 0 aliphatic carbocycles. The molecule has 0 bridgehead atoms. The quantitative estimate of drug-likeness (QED) is 0.581. The van der Waals surface area contributed by atoms with Gasteiger partial charge in [-0.2, -0.15) is 0 Å². The van der Waals surface area contributed by atoms with E-state index in [0.29, 0.717) is 0 Å². The Morgan fingerprint density at radius 3 is 2.33 bits per heavy atom. The zero-order chi connectivity index (χ0) is 7.33. The average Bonchev–Trinajstić information content (AvgIpc) is 1.63. The van der Waals surface area contributed by atoms with Gasteiger partial charge >= 0.3 is 0 Å². The summed E-state index contributed by atoms with van der Waals surface area (Å²) in [6.07, 6.45) is 2.08. The molecule has 0 unspecified atom stereocenters. The molecule has 0 aromatic carbocycles. The van der Waals surface area contributed by atoms with E-state index in [2.05, 4.69) is 0 Å². The van der Waals surface area contributed by atoms with Gasteiger partial charge in [0.25, 0.3) is 0 Å². The molecule has 0 saturated heterocycles. The maximum Gasteiger partial charge on any atom is 0.0462 e. The summed E-state index contributed by atoms with van der Waals surface area (Å²) in [6.45, 7) is 4.88. The van der Waals surface area contributed by atoms with E-state index in [1.54, 1.807) is 7.11 Å². The van der Waals surface area contributed by atoms with Gasteiger partial charge in [0.05, 0.1) is 0 Å². The Hall–Kier alpha value is -0.0800. The molecule has 2 heteroatoms. The predicted octanol–water partition coefficient (Wildman–Crippen LogP) is 1.15. The van der Waals surface area contributed by atoms with Crippen LogP contribution < -0.4 is 5.73 Å². The molecule has 9 heavy (non-hydrogen) atoms. The summed E-state index contributed by atoms with van der Waals surface area (Å²) in [5.74, 6) is 0. The van der Waals surface area contributed by atoms with Crippen molar-refractivity contribution >= 4 is 0 Å². The maximum atomic E-state index is 5.72. The molecule has 2 nitrogen and oxygen atoms in total. The first-order valence-corrected chi connectivity index (χ1v) is 3.34. The molecule has 2 N–H and O–H groups in total.